The number of nitrogens with one attached hydrogen (secondary N) is 1. The molecular formula is C13H19F3IN3. The number of hydrogen-bond donors (Lipinski definition) is 2. The van der Waals surface area contributed by atoms with E-state index in [1.165, 1.54) is 0 Å². The van der Waals surface area contributed by atoms with Crippen LogP contribution in [-0.4, -0.2) is 19.0 Å². The molecule has 1 aromatic carbocycles. The Morgan fingerprint density at radius 1 is 1.25 bits per heavy atom. The molecule has 1 rings (SSSR count). The van der Waals surface area contributed by atoms with Crippen LogP contribution in [0.3, 0.4) is 0 Å². The number of nitrogens with two attached hydrogens (primary N) is 1. The van der Waals surface area contributed by atoms with Crippen molar-refractivity contribution in [3.8, 4) is 0 Å². The first-order valence-electron chi connectivity index (χ1n) is 6.21. The highest BCUT2D eigenvalue weighted by molar-refractivity contribution is 14.0. The van der Waals surface area contributed by atoms with E-state index in [-0.39, 0.29) is 24.0 Å². The summed E-state index contributed by atoms with van der Waals surface area (Å²) >= 11 is 0. The molecule has 114 valence electrons. The van der Waals surface area contributed by atoms with Crippen molar-refractivity contribution < 1.29 is 13.2 Å². The topological polar surface area (TPSA) is 50.4 Å². The third-order valence-corrected chi connectivity index (χ3v) is 2.56. The summed E-state index contributed by atoms with van der Waals surface area (Å²) in [6.07, 6.45) is 2.32. The summed E-state index contributed by atoms with van der Waals surface area (Å²) < 4.78 is 38.6. The Labute approximate surface area is 133 Å². The Kier molecular flexibility index (Phi) is 9.35. The smallest absolute Gasteiger partial charge is 0.194 e. The monoisotopic (exact) mass is 401 g/mol. The summed E-state index contributed by atoms with van der Waals surface area (Å²) in [6.45, 7) is 3.08. The maximum absolute atomic E-state index is 12.9. The summed E-state index contributed by atoms with van der Waals surface area (Å²) in [5.74, 6) is -3.51. The van der Waals surface area contributed by atoms with Crippen molar-refractivity contribution in [2.75, 3.05) is 13.1 Å². The van der Waals surface area contributed by atoms with Gasteiger partial charge in [0, 0.05) is 13.1 Å². The number of guanidine groups is 1. The largest absolute Gasteiger partial charge is 0.370 e. The molecule has 0 bridgehead atoms. The molecule has 3 nitrogen and oxygen atoms in total. The van der Waals surface area contributed by atoms with E-state index in [0.29, 0.717) is 31.0 Å². The van der Waals surface area contributed by atoms with E-state index in [2.05, 4.69) is 17.2 Å². The first-order chi connectivity index (χ1) is 9.04. The molecule has 0 radical (unpaired) electrons. The van der Waals surface area contributed by atoms with Crippen molar-refractivity contribution >= 4 is 29.9 Å². The maximum Gasteiger partial charge on any atom is 0.194 e. The first-order valence-corrected chi connectivity index (χ1v) is 6.21. The first kappa shape index (κ1) is 19.0. The third kappa shape index (κ3) is 6.44. The van der Waals surface area contributed by atoms with Crippen LogP contribution in [0.25, 0.3) is 0 Å². The summed E-state index contributed by atoms with van der Waals surface area (Å²) in [4.78, 5) is 4.07. The fourth-order valence-electron chi connectivity index (χ4n) is 1.50. The Morgan fingerprint density at radius 2 is 1.85 bits per heavy atom. The van der Waals surface area contributed by atoms with Crippen molar-refractivity contribution in [3.05, 3.63) is 35.1 Å². The van der Waals surface area contributed by atoms with Crippen LogP contribution in [0.2, 0.25) is 0 Å². The van der Waals surface area contributed by atoms with Crippen LogP contribution >= 0.6 is 24.0 Å². The fourth-order valence-corrected chi connectivity index (χ4v) is 1.50. The minimum absolute atomic E-state index is 0. The molecule has 0 aromatic heterocycles. The van der Waals surface area contributed by atoms with E-state index in [1.807, 2.05) is 0 Å². The van der Waals surface area contributed by atoms with E-state index in [0.717, 1.165) is 25.0 Å². The lowest BCUT2D eigenvalue weighted by Gasteiger charge is -2.06. The molecule has 1 aromatic rings. The standard InChI is InChI=1S/C13H18F3N3.HI/c1-2-3-5-18-13(17)19-6-4-9-7-10(14)12(16)11(15)8-9;/h7-8H,2-6H2,1H3,(H3,17,18,19);1H. The molecule has 0 saturated carbocycles. The second-order valence-corrected chi connectivity index (χ2v) is 4.17. The third-order valence-electron chi connectivity index (χ3n) is 2.56. The molecule has 0 amide bonds. The zero-order valence-electron chi connectivity index (χ0n) is 11.3. The molecule has 0 heterocycles. The summed E-state index contributed by atoms with van der Waals surface area (Å²) in [5.41, 5.74) is 5.96. The van der Waals surface area contributed by atoms with Gasteiger partial charge >= 0.3 is 0 Å². The molecule has 0 unspecified atom stereocenters. The quantitative estimate of drug-likeness (QED) is 0.253. The van der Waals surface area contributed by atoms with Crippen LogP contribution in [0.15, 0.2) is 17.1 Å². The van der Waals surface area contributed by atoms with Crippen molar-refractivity contribution in [1.29, 1.82) is 0 Å². The Morgan fingerprint density at radius 3 is 2.40 bits per heavy atom. The number of nitrogens with zero attached hydrogens (tertiary/aromatic N) is 1. The maximum atomic E-state index is 12.9. The van der Waals surface area contributed by atoms with Crippen LogP contribution in [0.1, 0.15) is 25.3 Å². The van der Waals surface area contributed by atoms with E-state index in [9.17, 15) is 13.2 Å². The highest BCUT2D eigenvalue weighted by atomic mass is 127. The summed E-state index contributed by atoms with van der Waals surface area (Å²) in [5, 5.41) is 2.83. The number of hydrogen-bond acceptors (Lipinski definition) is 1. The summed E-state index contributed by atoms with van der Waals surface area (Å²) in [7, 11) is 0. The second kappa shape index (κ2) is 9.84. The van der Waals surface area contributed by atoms with Gasteiger partial charge in [-0.2, -0.15) is 0 Å². The zero-order chi connectivity index (χ0) is 14.3. The molecule has 0 aliphatic carbocycles. The number of rotatable bonds is 6. The van der Waals surface area contributed by atoms with Crippen LogP contribution in [0, 0.1) is 17.5 Å². The highest BCUT2D eigenvalue weighted by Crippen LogP contribution is 2.13. The minimum Gasteiger partial charge on any atom is -0.370 e. The normalized spacial score (nSPS) is 11.1. The second-order valence-electron chi connectivity index (χ2n) is 4.17. The van der Waals surface area contributed by atoms with Crippen LogP contribution in [0.4, 0.5) is 13.2 Å². The minimum atomic E-state index is -1.45. The average molecular weight is 401 g/mol. The highest BCUT2D eigenvalue weighted by Gasteiger charge is 2.10. The Hall–Kier alpha value is -0.990. The predicted octanol–water partition coefficient (Wildman–Crippen LogP) is 2.97. The lowest BCUT2D eigenvalue weighted by atomic mass is 10.1. The van der Waals surface area contributed by atoms with E-state index < -0.39 is 17.5 Å². The Balaban J connectivity index is 0.00000361. The van der Waals surface area contributed by atoms with Gasteiger partial charge < -0.3 is 11.1 Å². The van der Waals surface area contributed by atoms with Gasteiger partial charge in [-0.1, -0.05) is 13.3 Å². The van der Waals surface area contributed by atoms with Gasteiger partial charge in [0.2, 0.25) is 0 Å². The molecular weight excluding hydrogens is 382 g/mol. The van der Waals surface area contributed by atoms with Crippen molar-refractivity contribution in [2.45, 2.75) is 26.2 Å². The fraction of sp³-hybridized carbons (Fsp3) is 0.462. The number of benzene rings is 1. The molecule has 7 heteroatoms. The van der Waals surface area contributed by atoms with Crippen LogP contribution in [0.5, 0.6) is 0 Å². The molecule has 0 aliphatic rings. The number of unbranched alkanes of at least 4 members (excludes halogenated alkanes) is 1. The molecule has 0 saturated heterocycles. The van der Waals surface area contributed by atoms with Crippen LogP contribution < -0.4 is 11.1 Å². The van der Waals surface area contributed by atoms with Gasteiger partial charge in [-0.3, -0.25) is 4.99 Å². The van der Waals surface area contributed by atoms with E-state index in [1.54, 1.807) is 0 Å². The molecule has 0 spiro atoms. The van der Waals surface area contributed by atoms with Gasteiger partial charge in [0.15, 0.2) is 23.4 Å². The predicted molar refractivity (Wildman–Crippen MR) is 84.8 cm³/mol. The lowest BCUT2D eigenvalue weighted by Crippen LogP contribution is -2.33. The zero-order valence-corrected chi connectivity index (χ0v) is 13.6. The van der Waals surface area contributed by atoms with Gasteiger partial charge in [0.1, 0.15) is 0 Å². The lowest BCUT2D eigenvalue weighted by molar-refractivity contribution is 0.445. The van der Waals surface area contributed by atoms with E-state index in [4.69, 9.17) is 5.73 Å². The molecule has 3 N–H and O–H groups in total. The van der Waals surface area contributed by atoms with Gasteiger partial charge in [0.05, 0.1) is 0 Å². The number of aliphatic imine (C=N–C) groups is 1. The van der Waals surface area contributed by atoms with Gasteiger partial charge in [-0.25, -0.2) is 13.2 Å². The molecule has 0 atom stereocenters. The van der Waals surface area contributed by atoms with Crippen LogP contribution in [-0.2, 0) is 6.42 Å². The SMILES string of the molecule is CCCCN=C(N)NCCc1cc(F)c(F)c(F)c1.I. The molecule has 0 aliphatic heterocycles. The molecule has 20 heavy (non-hydrogen) atoms. The van der Waals surface area contributed by atoms with Gasteiger partial charge in [-0.15, -0.1) is 24.0 Å². The van der Waals surface area contributed by atoms with Crippen molar-refractivity contribution in [3.63, 3.8) is 0 Å². The molecule has 0 fully saturated rings. The summed E-state index contributed by atoms with van der Waals surface area (Å²) in [6, 6.07) is 1.95. The van der Waals surface area contributed by atoms with Gasteiger partial charge in [-0.05, 0) is 30.5 Å². The van der Waals surface area contributed by atoms with Crippen molar-refractivity contribution in [1.82, 2.24) is 5.32 Å². The Bertz CT molecular complexity index is 429. The van der Waals surface area contributed by atoms with Gasteiger partial charge in [0.25, 0.3) is 0 Å². The van der Waals surface area contributed by atoms with Crippen molar-refractivity contribution in [2.24, 2.45) is 10.7 Å². The van der Waals surface area contributed by atoms with E-state index >= 15 is 0 Å². The average Bonchev–Trinajstić information content (AvgIpc) is 2.36. The number of halogens is 4.